The molecule has 2 rings (SSSR count). The lowest BCUT2D eigenvalue weighted by Gasteiger charge is -2.17. The molecule has 23 heavy (non-hydrogen) atoms. The fourth-order valence-electron chi connectivity index (χ4n) is 2.53. The van der Waals surface area contributed by atoms with Gasteiger partial charge in [-0.1, -0.05) is 20.8 Å². The zero-order valence-electron chi connectivity index (χ0n) is 14.0. The number of nitroso groups, excluding NO2 is 1. The first kappa shape index (κ1) is 17.0. The fraction of sp³-hybridized carbons (Fsp3) is 0.471. The molecule has 0 atom stereocenters. The number of aromatic nitrogens is 1. The summed E-state index contributed by atoms with van der Waals surface area (Å²) in [4.78, 5) is 22.8. The van der Waals surface area contributed by atoms with Crippen LogP contribution < -0.4 is 10.1 Å². The lowest BCUT2D eigenvalue weighted by Crippen LogP contribution is -2.29. The van der Waals surface area contributed by atoms with E-state index < -0.39 is 0 Å². The standard InChI is InChI=1S/C17H23N3O3/c1-17(2,3)10-16(21)18-8-7-12-11-20(19-22)15-6-5-13(23-4)9-14(12)15/h5-6,9,11H,7-8,10H2,1-4H3,(H,18,21). The van der Waals surface area contributed by atoms with Gasteiger partial charge < -0.3 is 10.1 Å². The zero-order chi connectivity index (χ0) is 17.0. The molecule has 0 aliphatic rings. The molecule has 1 N–H and O–H groups in total. The summed E-state index contributed by atoms with van der Waals surface area (Å²) in [6.07, 6.45) is 2.81. The molecule has 0 saturated carbocycles. The molecule has 0 unspecified atom stereocenters. The van der Waals surface area contributed by atoms with Crippen LogP contribution >= 0.6 is 0 Å². The van der Waals surface area contributed by atoms with Crippen LogP contribution in [0.5, 0.6) is 5.75 Å². The number of hydrogen-bond acceptors (Lipinski definition) is 4. The lowest BCUT2D eigenvalue weighted by atomic mass is 9.92. The summed E-state index contributed by atoms with van der Waals surface area (Å²) in [5.74, 6) is 0.756. The molecule has 6 heteroatoms. The van der Waals surface area contributed by atoms with E-state index in [2.05, 4.69) is 10.6 Å². The van der Waals surface area contributed by atoms with Gasteiger partial charge in [-0.2, -0.15) is 0 Å². The normalized spacial score (nSPS) is 11.5. The van der Waals surface area contributed by atoms with Crippen molar-refractivity contribution in [1.82, 2.24) is 9.99 Å². The number of nitrogens with one attached hydrogen (secondary N) is 1. The van der Waals surface area contributed by atoms with Crippen molar-refractivity contribution < 1.29 is 9.53 Å². The first-order valence-electron chi connectivity index (χ1n) is 7.62. The fourth-order valence-corrected chi connectivity index (χ4v) is 2.53. The molecule has 124 valence electrons. The Kier molecular flexibility index (Phi) is 5.03. The van der Waals surface area contributed by atoms with Crippen LogP contribution in [0.1, 0.15) is 32.8 Å². The van der Waals surface area contributed by atoms with E-state index >= 15 is 0 Å². The van der Waals surface area contributed by atoms with Gasteiger partial charge in [0.25, 0.3) is 0 Å². The van der Waals surface area contributed by atoms with Crippen LogP contribution in [0, 0.1) is 10.3 Å². The number of fused-ring (bicyclic) bond motifs is 1. The summed E-state index contributed by atoms with van der Waals surface area (Å²) in [6.45, 7) is 6.61. The predicted molar refractivity (Wildman–Crippen MR) is 90.5 cm³/mol. The maximum Gasteiger partial charge on any atom is 0.220 e. The van der Waals surface area contributed by atoms with E-state index in [1.165, 1.54) is 4.68 Å². The van der Waals surface area contributed by atoms with E-state index in [9.17, 15) is 9.70 Å². The van der Waals surface area contributed by atoms with Crippen LogP contribution in [0.4, 0.5) is 0 Å². The van der Waals surface area contributed by atoms with Gasteiger partial charge >= 0.3 is 0 Å². The highest BCUT2D eigenvalue weighted by Gasteiger charge is 2.16. The zero-order valence-corrected chi connectivity index (χ0v) is 14.0. The number of nitrogens with zero attached hydrogens (tertiary/aromatic N) is 2. The number of carbonyl (C=O) groups excluding carboxylic acids is 1. The van der Waals surface area contributed by atoms with Crippen molar-refractivity contribution in [3.8, 4) is 5.75 Å². The minimum atomic E-state index is -0.0328. The van der Waals surface area contributed by atoms with Crippen molar-refractivity contribution in [3.63, 3.8) is 0 Å². The van der Waals surface area contributed by atoms with Gasteiger partial charge in [-0.25, -0.2) is 4.68 Å². The van der Waals surface area contributed by atoms with Crippen LogP contribution in [-0.2, 0) is 11.2 Å². The van der Waals surface area contributed by atoms with Gasteiger partial charge in [-0.3, -0.25) is 4.79 Å². The maximum atomic E-state index is 11.9. The molecule has 0 saturated heterocycles. The third kappa shape index (κ3) is 4.31. The number of amides is 1. The molecule has 0 bridgehead atoms. The molecule has 2 aromatic rings. The molecule has 6 nitrogen and oxygen atoms in total. The predicted octanol–water partition coefficient (Wildman–Crippen LogP) is 3.27. The highest BCUT2D eigenvalue weighted by atomic mass is 16.5. The second-order valence-electron chi connectivity index (χ2n) is 6.80. The van der Waals surface area contributed by atoms with Gasteiger partial charge in [0.2, 0.25) is 5.91 Å². The summed E-state index contributed by atoms with van der Waals surface area (Å²) in [5.41, 5.74) is 1.65. The van der Waals surface area contributed by atoms with E-state index in [1.54, 1.807) is 25.4 Å². The largest absolute Gasteiger partial charge is 0.497 e. The van der Waals surface area contributed by atoms with Crippen LogP contribution in [0.25, 0.3) is 10.9 Å². The first-order valence-corrected chi connectivity index (χ1v) is 7.62. The van der Waals surface area contributed by atoms with Gasteiger partial charge in [-0.05, 0) is 35.6 Å². The topological polar surface area (TPSA) is 72.7 Å². The van der Waals surface area contributed by atoms with Crippen LogP contribution in [-0.4, -0.2) is 24.2 Å². The highest BCUT2D eigenvalue weighted by Crippen LogP contribution is 2.26. The van der Waals surface area contributed by atoms with Crippen LogP contribution in [0.3, 0.4) is 0 Å². The molecule has 0 radical (unpaired) electrons. The van der Waals surface area contributed by atoms with E-state index in [0.717, 1.165) is 22.2 Å². The molecule has 0 fully saturated rings. The van der Waals surface area contributed by atoms with Crippen molar-refractivity contribution in [2.24, 2.45) is 10.7 Å². The van der Waals surface area contributed by atoms with E-state index in [4.69, 9.17) is 4.74 Å². The Morgan fingerprint density at radius 3 is 2.70 bits per heavy atom. The molecule has 0 aliphatic heterocycles. The summed E-state index contributed by atoms with van der Waals surface area (Å²) in [6, 6.07) is 5.47. The van der Waals surface area contributed by atoms with Crippen molar-refractivity contribution in [3.05, 3.63) is 34.9 Å². The van der Waals surface area contributed by atoms with Gasteiger partial charge in [-0.15, -0.1) is 4.91 Å². The van der Waals surface area contributed by atoms with Crippen LogP contribution in [0.15, 0.2) is 29.7 Å². The third-order valence-electron chi connectivity index (χ3n) is 3.57. The minimum absolute atomic E-state index is 0.0328. The molecule has 1 amide bonds. The average Bonchev–Trinajstić information content (AvgIpc) is 2.82. The summed E-state index contributed by atoms with van der Waals surface area (Å²) >= 11 is 0. The second-order valence-corrected chi connectivity index (χ2v) is 6.80. The van der Waals surface area contributed by atoms with Crippen LogP contribution in [0.2, 0.25) is 0 Å². The van der Waals surface area contributed by atoms with Crippen molar-refractivity contribution in [2.75, 3.05) is 13.7 Å². The SMILES string of the molecule is COc1ccc2c(c1)c(CCNC(=O)CC(C)(C)C)cn2N=O. The Bertz CT molecular complexity index is 714. The number of rotatable bonds is 6. The van der Waals surface area contributed by atoms with Gasteiger partial charge in [0.05, 0.1) is 17.9 Å². The molecular formula is C17H23N3O3. The summed E-state index contributed by atoms with van der Waals surface area (Å²) in [5, 5.41) is 6.84. The van der Waals surface area contributed by atoms with Crippen molar-refractivity contribution in [1.29, 1.82) is 0 Å². The van der Waals surface area contributed by atoms with Gasteiger partial charge in [0.15, 0.2) is 0 Å². The number of benzene rings is 1. The average molecular weight is 317 g/mol. The van der Waals surface area contributed by atoms with Crippen molar-refractivity contribution in [2.45, 2.75) is 33.6 Å². The monoisotopic (exact) mass is 317 g/mol. The van der Waals surface area contributed by atoms with E-state index in [0.29, 0.717) is 19.4 Å². The molecule has 1 aromatic heterocycles. The molecule has 0 aliphatic carbocycles. The minimum Gasteiger partial charge on any atom is -0.497 e. The third-order valence-corrected chi connectivity index (χ3v) is 3.57. The number of carbonyl (C=O) groups is 1. The Balaban J connectivity index is 2.10. The Hall–Kier alpha value is -2.37. The quantitative estimate of drug-likeness (QED) is 0.831. The molecule has 1 heterocycles. The molecule has 1 aromatic carbocycles. The highest BCUT2D eigenvalue weighted by molar-refractivity contribution is 5.85. The first-order chi connectivity index (χ1) is 10.8. The number of ether oxygens (including phenoxy) is 1. The Morgan fingerprint density at radius 1 is 1.35 bits per heavy atom. The Morgan fingerprint density at radius 2 is 2.09 bits per heavy atom. The molecule has 0 spiro atoms. The van der Waals surface area contributed by atoms with Crippen molar-refractivity contribution >= 4 is 16.8 Å². The number of methoxy groups -OCH3 is 1. The van der Waals surface area contributed by atoms with Gasteiger partial charge in [0, 0.05) is 24.5 Å². The molecular weight excluding hydrogens is 294 g/mol. The smallest absolute Gasteiger partial charge is 0.220 e. The second kappa shape index (κ2) is 6.81. The van der Waals surface area contributed by atoms with E-state index in [-0.39, 0.29) is 11.3 Å². The maximum absolute atomic E-state index is 11.9. The Labute approximate surface area is 135 Å². The summed E-state index contributed by atoms with van der Waals surface area (Å²) < 4.78 is 6.54. The number of hydrogen-bond donors (Lipinski definition) is 1. The van der Waals surface area contributed by atoms with Gasteiger partial charge in [0.1, 0.15) is 5.75 Å². The lowest BCUT2D eigenvalue weighted by molar-refractivity contribution is -0.122. The van der Waals surface area contributed by atoms with E-state index in [1.807, 2.05) is 26.8 Å². The summed E-state index contributed by atoms with van der Waals surface area (Å²) in [7, 11) is 1.60.